The van der Waals surface area contributed by atoms with Crippen molar-refractivity contribution in [1.82, 2.24) is 9.55 Å². The van der Waals surface area contributed by atoms with Crippen LogP contribution in [0.25, 0.3) is 0 Å². The lowest BCUT2D eigenvalue weighted by Crippen LogP contribution is -2.40. The molecule has 0 saturated carbocycles. The number of ether oxygens (including phenoxy) is 1. The van der Waals surface area contributed by atoms with Crippen molar-refractivity contribution in [3.05, 3.63) is 33.1 Å². The first kappa shape index (κ1) is 12.0. The van der Waals surface area contributed by atoms with Gasteiger partial charge in [0.05, 0.1) is 18.8 Å². The Labute approximate surface area is 96.3 Å². The summed E-state index contributed by atoms with van der Waals surface area (Å²) in [4.78, 5) is 24.5. The van der Waals surface area contributed by atoms with Crippen molar-refractivity contribution in [2.45, 2.75) is 31.3 Å². The van der Waals surface area contributed by atoms with Crippen LogP contribution >= 0.6 is 0 Å². The van der Waals surface area contributed by atoms with Crippen molar-refractivity contribution in [2.24, 2.45) is 0 Å². The summed E-state index contributed by atoms with van der Waals surface area (Å²) in [5.74, 6) is 0. The van der Waals surface area contributed by atoms with Gasteiger partial charge in [0.25, 0.3) is 5.56 Å². The number of hydrogen-bond acceptors (Lipinski definition) is 5. The summed E-state index contributed by atoms with van der Waals surface area (Å²) in [5.41, 5.74) is -1.07. The third-order valence-electron chi connectivity index (χ3n) is 2.72. The van der Waals surface area contributed by atoms with Gasteiger partial charge in [-0.3, -0.25) is 14.3 Å². The molecular formula is C10H14N2O5. The molecule has 3 N–H and O–H groups in total. The Kier molecular flexibility index (Phi) is 3.41. The summed E-state index contributed by atoms with van der Waals surface area (Å²) in [6.07, 6.45) is 0.110. The lowest BCUT2D eigenvalue weighted by molar-refractivity contribution is -0.143. The molecule has 0 aliphatic carbocycles. The zero-order valence-corrected chi connectivity index (χ0v) is 9.07. The maximum Gasteiger partial charge on any atom is 0.330 e. The summed E-state index contributed by atoms with van der Waals surface area (Å²) in [5, 5.41) is 18.6. The number of nitrogens with zero attached hydrogens (tertiary/aromatic N) is 1. The van der Waals surface area contributed by atoms with Gasteiger partial charge in [-0.2, -0.15) is 0 Å². The molecule has 0 bridgehead atoms. The van der Waals surface area contributed by atoms with Crippen LogP contribution in [-0.4, -0.2) is 38.6 Å². The highest BCUT2D eigenvalue weighted by Gasteiger charge is 2.29. The standard InChI is InChI=1S/C10H14N2O5/c13-5-7-3-6(14)4-9(17-7)12-2-1-8(15)11-10(12)16/h1-2,6-7,9,13-14H,3-5H2,(H,11,15,16). The summed E-state index contributed by atoms with van der Waals surface area (Å²) >= 11 is 0. The van der Waals surface area contributed by atoms with Gasteiger partial charge in [0.15, 0.2) is 0 Å². The average Bonchev–Trinajstić information content (AvgIpc) is 2.28. The van der Waals surface area contributed by atoms with Gasteiger partial charge in [0.1, 0.15) is 6.23 Å². The maximum absolute atomic E-state index is 11.5. The van der Waals surface area contributed by atoms with Crippen LogP contribution in [0, 0.1) is 0 Å². The van der Waals surface area contributed by atoms with Crippen LogP contribution in [0.15, 0.2) is 21.9 Å². The van der Waals surface area contributed by atoms with Crippen LogP contribution in [-0.2, 0) is 4.74 Å². The quantitative estimate of drug-likeness (QED) is 0.589. The van der Waals surface area contributed by atoms with Crippen molar-refractivity contribution >= 4 is 0 Å². The molecule has 0 aromatic carbocycles. The van der Waals surface area contributed by atoms with E-state index in [1.807, 2.05) is 0 Å². The summed E-state index contributed by atoms with van der Waals surface area (Å²) in [6.45, 7) is -0.217. The van der Waals surface area contributed by atoms with Gasteiger partial charge in [0, 0.05) is 25.1 Å². The van der Waals surface area contributed by atoms with E-state index < -0.39 is 29.7 Å². The molecule has 1 aliphatic heterocycles. The third kappa shape index (κ3) is 2.63. The summed E-state index contributed by atoms with van der Waals surface area (Å²) < 4.78 is 6.64. The fourth-order valence-electron chi connectivity index (χ4n) is 1.92. The van der Waals surface area contributed by atoms with Crippen LogP contribution in [0.1, 0.15) is 19.1 Å². The van der Waals surface area contributed by atoms with E-state index in [1.54, 1.807) is 0 Å². The fourth-order valence-corrected chi connectivity index (χ4v) is 1.92. The molecule has 2 heterocycles. The molecule has 3 unspecified atom stereocenters. The van der Waals surface area contributed by atoms with Gasteiger partial charge < -0.3 is 14.9 Å². The van der Waals surface area contributed by atoms with E-state index in [0.717, 1.165) is 0 Å². The molecule has 0 amide bonds. The highest BCUT2D eigenvalue weighted by molar-refractivity contribution is 4.86. The van der Waals surface area contributed by atoms with Crippen LogP contribution < -0.4 is 11.2 Å². The Balaban J connectivity index is 2.26. The minimum absolute atomic E-state index is 0.217. The SMILES string of the molecule is O=c1ccn(C2CC(O)CC(CO)O2)c(=O)[nH]1. The lowest BCUT2D eigenvalue weighted by atomic mass is 10.0. The van der Waals surface area contributed by atoms with Gasteiger partial charge in [-0.1, -0.05) is 0 Å². The number of rotatable bonds is 2. The highest BCUT2D eigenvalue weighted by atomic mass is 16.5. The molecule has 1 aromatic heterocycles. The number of aromatic nitrogens is 2. The van der Waals surface area contributed by atoms with Crippen LogP contribution in [0.4, 0.5) is 0 Å². The molecule has 7 nitrogen and oxygen atoms in total. The van der Waals surface area contributed by atoms with Crippen LogP contribution in [0.3, 0.4) is 0 Å². The minimum atomic E-state index is -0.666. The molecular weight excluding hydrogens is 228 g/mol. The zero-order chi connectivity index (χ0) is 12.4. The first-order valence-electron chi connectivity index (χ1n) is 5.36. The van der Waals surface area contributed by atoms with E-state index in [9.17, 15) is 14.7 Å². The Morgan fingerprint density at radius 3 is 2.88 bits per heavy atom. The first-order valence-corrected chi connectivity index (χ1v) is 5.36. The van der Waals surface area contributed by atoms with Gasteiger partial charge in [-0.25, -0.2) is 4.79 Å². The second kappa shape index (κ2) is 4.82. The van der Waals surface area contributed by atoms with Gasteiger partial charge in [-0.15, -0.1) is 0 Å². The molecule has 1 saturated heterocycles. The van der Waals surface area contributed by atoms with E-state index in [4.69, 9.17) is 9.84 Å². The van der Waals surface area contributed by atoms with Crippen molar-refractivity contribution in [3.63, 3.8) is 0 Å². The van der Waals surface area contributed by atoms with E-state index in [1.165, 1.54) is 16.8 Å². The molecule has 17 heavy (non-hydrogen) atoms. The second-order valence-corrected chi connectivity index (χ2v) is 4.04. The van der Waals surface area contributed by atoms with Gasteiger partial charge >= 0.3 is 5.69 Å². The second-order valence-electron chi connectivity index (χ2n) is 4.04. The predicted octanol–water partition coefficient (Wildman–Crippen LogP) is -1.43. The van der Waals surface area contributed by atoms with Crippen LogP contribution in [0.2, 0.25) is 0 Å². The molecule has 0 spiro atoms. The monoisotopic (exact) mass is 242 g/mol. The topological polar surface area (TPSA) is 105 Å². The van der Waals surface area contributed by atoms with Crippen molar-refractivity contribution in [2.75, 3.05) is 6.61 Å². The molecule has 3 atom stereocenters. The number of aliphatic hydroxyl groups is 2. The summed E-state index contributed by atoms with van der Waals surface area (Å²) in [6, 6.07) is 1.21. The Hall–Kier alpha value is -1.44. The van der Waals surface area contributed by atoms with E-state index >= 15 is 0 Å². The number of nitrogens with one attached hydrogen (secondary N) is 1. The number of hydrogen-bond donors (Lipinski definition) is 3. The number of aliphatic hydroxyl groups excluding tert-OH is 2. The molecule has 94 valence electrons. The fraction of sp³-hybridized carbons (Fsp3) is 0.600. The Morgan fingerprint density at radius 1 is 1.47 bits per heavy atom. The van der Waals surface area contributed by atoms with Crippen molar-refractivity contribution in [3.8, 4) is 0 Å². The predicted molar refractivity (Wildman–Crippen MR) is 57.6 cm³/mol. The largest absolute Gasteiger partial charge is 0.394 e. The van der Waals surface area contributed by atoms with E-state index in [0.29, 0.717) is 6.42 Å². The Morgan fingerprint density at radius 2 is 2.24 bits per heavy atom. The molecule has 2 rings (SSSR count). The zero-order valence-electron chi connectivity index (χ0n) is 9.07. The molecule has 1 fully saturated rings. The molecule has 1 aromatic rings. The molecule has 1 aliphatic rings. The van der Waals surface area contributed by atoms with Gasteiger partial charge in [0.2, 0.25) is 0 Å². The molecule has 7 heteroatoms. The minimum Gasteiger partial charge on any atom is -0.394 e. The maximum atomic E-state index is 11.5. The molecule has 0 radical (unpaired) electrons. The first-order chi connectivity index (χ1) is 8.10. The number of H-pyrrole nitrogens is 1. The third-order valence-corrected chi connectivity index (χ3v) is 2.72. The van der Waals surface area contributed by atoms with Gasteiger partial charge in [-0.05, 0) is 0 Å². The van der Waals surface area contributed by atoms with E-state index in [-0.39, 0.29) is 13.0 Å². The summed E-state index contributed by atoms with van der Waals surface area (Å²) in [7, 11) is 0. The Bertz CT molecular complexity index is 494. The van der Waals surface area contributed by atoms with Crippen molar-refractivity contribution in [1.29, 1.82) is 0 Å². The highest BCUT2D eigenvalue weighted by Crippen LogP contribution is 2.25. The van der Waals surface area contributed by atoms with Crippen molar-refractivity contribution < 1.29 is 14.9 Å². The van der Waals surface area contributed by atoms with E-state index in [2.05, 4.69) is 4.98 Å². The average molecular weight is 242 g/mol. The van der Waals surface area contributed by atoms with Crippen LogP contribution in [0.5, 0.6) is 0 Å². The normalized spacial score (nSPS) is 29.2. The number of aromatic amines is 1. The lowest BCUT2D eigenvalue weighted by Gasteiger charge is -2.32. The smallest absolute Gasteiger partial charge is 0.330 e.